The fraction of sp³-hybridized carbons (Fsp3) is 0.536. The maximum atomic E-state index is 14.5. The summed E-state index contributed by atoms with van der Waals surface area (Å²) >= 11 is 0. The Morgan fingerprint density at radius 3 is 2.21 bits per heavy atom. The van der Waals surface area contributed by atoms with Crippen LogP contribution in [0.25, 0.3) is 11.1 Å². The molecule has 0 N–H and O–H groups in total. The van der Waals surface area contributed by atoms with Gasteiger partial charge in [0, 0.05) is 18.2 Å². The minimum Gasteiger partial charge on any atom is -0.426 e. The van der Waals surface area contributed by atoms with E-state index < -0.39 is 5.82 Å². The first-order chi connectivity index (χ1) is 16.1. The average Bonchev–Trinajstić information content (AvgIpc) is 2.82. The molecule has 0 bridgehead atoms. The molecule has 5 heteroatoms. The lowest BCUT2D eigenvalue weighted by atomic mass is 9.87. The van der Waals surface area contributed by atoms with Crippen LogP contribution >= 0.6 is 0 Å². The molecule has 0 saturated heterocycles. The molecule has 1 aliphatic rings. The van der Waals surface area contributed by atoms with E-state index in [2.05, 4.69) is 6.92 Å². The summed E-state index contributed by atoms with van der Waals surface area (Å²) in [6.45, 7) is 3.03. The minimum absolute atomic E-state index is 0.178. The maximum absolute atomic E-state index is 14.5. The summed E-state index contributed by atoms with van der Waals surface area (Å²) in [5.74, 6) is -1.17. The molecule has 2 aromatic carbocycles. The van der Waals surface area contributed by atoms with E-state index >= 15 is 0 Å². The molecule has 0 heterocycles. The summed E-state index contributed by atoms with van der Waals surface area (Å²) in [5.41, 5.74) is 0.912. The van der Waals surface area contributed by atoms with E-state index in [1.807, 2.05) is 0 Å². The lowest BCUT2D eigenvalue weighted by Gasteiger charge is -2.27. The number of hydrogen-bond donors (Lipinski definition) is 0. The third-order valence-corrected chi connectivity index (χ3v) is 6.42. The van der Waals surface area contributed by atoms with Crippen molar-refractivity contribution in [1.29, 1.82) is 0 Å². The van der Waals surface area contributed by atoms with Gasteiger partial charge in [0.15, 0.2) is 0 Å². The molecule has 0 aliphatic heterocycles. The summed E-state index contributed by atoms with van der Waals surface area (Å²) in [5, 5.41) is 0. The lowest BCUT2D eigenvalue weighted by molar-refractivity contribution is -0.141. The van der Waals surface area contributed by atoms with E-state index in [4.69, 9.17) is 9.47 Å². The third kappa shape index (κ3) is 8.22. The zero-order chi connectivity index (χ0) is 23.5. The van der Waals surface area contributed by atoms with Gasteiger partial charge in [-0.05, 0) is 61.9 Å². The summed E-state index contributed by atoms with van der Waals surface area (Å²) in [6, 6.07) is 9.97. The third-order valence-electron chi connectivity index (χ3n) is 6.42. The molecular weight excluding hydrogens is 422 g/mol. The second kappa shape index (κ2) is 13.4. The van der Waals surface area contributed by atoms with Crippen LogP contribution in [0.1, 0.15) is 77.6 Å². The monoisotopic (exact) mass is 458 g/mol. The number of benzene rings is 2. The Hall–Kier alpha value is -2.27. The van der Waals surface area contributed by atoms with E-state index in [1.165, 1.54) is 68.9 Å². The molecule has 180 valence electrons. The number of esters is 1. The highest BCUT2D eigenvalue weighted by atomic mass is 19.1. The Bertz CT molecular complexity index is 858. The van der Waals surface area contributed by atoms with Crippen LogP contribution in [0, 0.1) is 17.6 Å². The summed E-state index contributed by atoms with van der Waals surface area (Å²) in [7, 11) is 0. The molecule has 0 unspecified atom stereocenters. The summed E-state index contributed by atoms with van der Waals surface area (Å²) in [4.78, 5) is 12.6. The Labute approximate surface area is 196 Å². The van der Waals surface area contributed by atoms with Crippen LogP contribution in [0.2, 0.25) is 0 Å². The number of rotatable bonds is 12. The van der Waals surface area contributed by atoms with Gasteiger partial charge in [0.1, 0.15) is 17.4 Å². The summed E-state index contributed by atoms with van der Waals surface area (Å²) < 4.78 is 39.1. The number of unbranched alkanes of at least 4 members (excludes halogenated alkanes) is 6. The number of halogens is 2. The van der Waals surface area contributed by atoms with Crippen LogP contribution in [0.3, 0.4) is 0 Å². The average molecular weight is 459 g/mol. The molecule has 0 radical (unpaired) electrons. The van der Waals surface area contributed by atoms with E-state index in [1.54, 1.807) is 12.1 Å². The zero-order valence-corrected chi connectivity index (χ0v) is 19.7. The van der Waals surface area contributed by atoms with Crippen LogP contribution in [-0.4, -0.2) is 18.7 Å². The minimum atomic E-state index is -0.505. The molecular formula is C28H36F2O3. The summed E-state index contributed by atoms with van der Waals surface area (Å²) in [6.07, 6.45) is 12.3. The van der Waals surface area contributed by atoms with Crippen molar-refractivity contribution < 1.29 is 23.0 Å². The fourth-order valence-electron chi connectivity index (χ4n) is 4.40. The molecule has 1 fully saturated rings. The number of hydrogen-bond acceptors (Lipinski definition) is 3. The highest BCUT2D eigenvalue weighted by Gasteiger charge is 2.28. The van der Waals surface area contributed by atoms with Crippen molar-refractivity contribution in [3.05, 3.63) is 54.1 Å². The molecule has 33 heavy (non-hydrogen) atoms. The van der Waals surface area contributed by atoms with Crippen LogP contribution in [-0.2, 0) is 9.53 Å². The van der Waals surface area contributed by atoms with Crippen molar-refractivity contribution >= 4 is 5.97 Å². The van der Waals surface area contributed by atoms with Gasteiger partial charge >= 0.3 is 5.97 Å². The normalized spacial score (nSPS) is 18.3. The molecule has 0 amide bonds. The van der Waals surface area contributed by atoms with E-state index in [0.29, 0.717) is 11.1 Å². The molecule has 1 aliphatic carbocycles. The first-order valence-corrected chi connectivity index (χ1v) is 12.5. The quantitative estimate of drug-likeness (QED) is 0.184. The lowest BCUT2D eigenvalue weighted by Crippen LogP contribution is -2.29. The van der Waals surface area contributed by atoms with E-state index in [-0.39, 0.29) is 29.6 Å². The molecule has 0 aromatic heterocycles. The van der Waals surface area contributed by atoms with Gasteiger partial charge in [0.05, 0.1) is 12.0 Å². The van der Waals surface area contributed by atoms with E-state index in [0.717, 1.165) is 38.7 Å². The Morgan fingerprint density at radius 1 is 0.879 bits per heavy atom. The van der Waals surface area contributed by atoms with Crippen LogP contribution < -0.4 is 4.74 Å². The van der Waals surface area contributed by atoms with Crippen molar-refractivity contribution in [2.24, 2.45) is 5.92 Å². The van der Waals surface area contributed by atoms with Gasteiger partial charge in [-0.2, -0.15) is 0 Å². The molecule has 2 aromatic rings. The second-order valence-corrected chi connectivity index (χ2v) is 9.04. The van der Waals surface area contributed by atoms with Gasteiger partial charge in [0.2, 0.25) is 0 Å². The van der Waals surface area contributed by atoms with Gasteiger partial charge in [-0.3, -0.25) is 4.79 Å². The van der Waals surface area contributed by atoms with Crippen LogP contribution in [0.5, 0.6) is 5.75 Å². The molecule has 3 rings (SSSR count). The smallest absolute Gasteiger partial charge is 0.314 e. The van der Waals surface area contributed by atoms with Crippen molar-refractivity contribution in [2.45, 2.75) is 83.7 Å². The SMILES string of the molecule is CCCCCCCCCO[C@H]1CC[C@H](C(=O)Oc2ccc(-c3ccc(F)cc3)c(F)c2)CC1. The predicted molar refractivity (Wildman–Crippen MR) is 127 cm³/mol. The largest absolute Gasteiger partial charge is 0.426 e. The number of carbonyl (C=O) groups is 1. The van der Waals surface area contributed by atoms with Gasteiger partial charge in [-0.25, -0.2) is 8.78 Å². The molecule has 0 atom stereocenters. The van der Waals surface area contributed by atoms with Crippen molar-refractivity contribution in [2.75, 3.05) is 6.61 Å². The van der Waals surface area contributed by atoms with Crippen molar-refractivity contribution in [1.82, 2.24) is 0 Å². The van der Waals surface area contributed by atoms with Gasteiger partial charge in [-0.15, -0.1) is 0 Å². The fourth-order valence-corrected chi connectivity index (χ4v) is 4.40. The van der Waals surface area contributed by atoms with E-state index in [9.17, 15) is 13.6 Å². The first-order valence-electron chi connectivity index (χ1n) is 12.5. The van der Waals surface area contributed by atoms with Crippen LogP contribution in [0.15, 0.2) is 42.5 Å². The Balaban J connectivity index is 1.37. The Kier molecular flexibility index (Phi) is 10.3. The Morgan fingerprint density at radius 2 is 1.55 bits per heavy atom. The second-order valence-electron chi connectivity index (χ2n) is 9.04. The predicted octanol–water partition coefficient (Wildman–Crippen LogP) is 7.86. The van der Waals surface area contributed by atoms with Crippen LogP contribution in [0.4, 0.5) is 8.78 Å². The highest BCUT2D eigenvalue weighted by molar-refractivity contribution is 5.75. The van der Waals surface area contributed by atoms with Gasteiger partial charge in [0.25, 0.3) is 0 Å². The maximum Gasteiger partial charge on any atom is 0.314 e. The topological polar surface area (TPSA) is 35.5 Å². The van der Waals surface area contributed by atoms with Crippen molar-refractivity contribution in [3.8, 4) is 16.9 Å². The molecule has 3 nitrogen and oxygen atoms in total. The van der Waals surface area contributed by atoms with Gasteiger partial charge < -0.3 is 9.47 Å². The number of carbonyl (C=O) groups excluding carboxylic acids is 1. The molecule has 0 spiro atoms. The highest BCUT2D eigenvalue weighted by Crippen LogP contribution is 2.30. The number of ether oxygens (including phenoxy) is 2. The molecule has 1 saturated carbocycles. The van der Waals surface area contributed by atoms with Crippen molar-refractivity contribution in [3.63, 3.8) is 0 Å². The van der Waals surface area contributed by atoms with Gasteiger partial charge in [-0.1, -0.05) is 57.6 Å². The first kappa shape index (κ1) is 25.4. The zero-order valence-electron chi connectivity index (χ0n) is 19.7. The standard InChI is InChI=1S/C28H36F2O3/c1-2-3-4-5-6-7-8-19-32-24-15-11-22(12-16-24)28(31)33-25-17-18-26(27(30)20-25)21-9-13-23(29)14-10-21/h9-10,13-14,17-18,20,22,24H,2-8,11-12,15-16,19H2,1H3/t22-,24-.